The Balaban J connectivity index is 1.51. The van der Waals surface area contributed by atoms with Crippen molar-refractivity contribution in [2.24, 2.45) is 0 Å². The minimum Gasteiger partial charge on any atom is -0.340 e. The summed E-state index contributed by atoms with van der Waals surface area (Å²) in [7, 11) is 0. The predicted octanol–water partition coefficient (Wildman–Crippen LogP) is 6.93. The van der Waals surface area contributed by atoms with Gasteiger partial charge in [0.2, 0.25) is 0 Å². The summed E-state index contributed by atoms with van der Waals surface area (Å²) in [5, 5.41) is 2.38. The van der Waals surface area contributed by atoms with Crippen molar-refractivity contribution in [3.05, 3.63) is 68.0 Å². The molecule has 9 heteroatoms. The molecule has 0 aliphatic carbocycles. The summed E-state index contributed by atoms with van der Waals surface area (Å²) in [6.07, 6.45) is 1.72. The maximum absolute atomic E-state index is 13.6. The van der Waals surface area contributed by atoms with Crippen LogP contribution in [0.25, 0.3) is 21.5 Å². The number of aromatic amines is 1. The third kappa shape index (κ3) is 3.82. The number of thiazole rings is 1. The molecule has 2 aromatic heterocycles. The molecule has 3 heterocycles. The Hall–Kier alpha value is -2.12. The molecule has 1 N–H and O–H groups in total. The molecule has 4 aromatic rings. The highest BCUT2D eigenvalue weighted by molar-refractivity contribution is 7.15. The van der Waals surface area contributed by atoms with Gasteiger partial charge in [-0.05, 0) is 49.6 Å². The van der Waals surface area contributed by atoms with Gasteiger partial charge in [0.25, 0.3) is 5.91 Å². The zero-order chi connectivity index (χ0) is 21.7. The van der Waals surface area contributed by atoms with Gasteiger partial charge in [-0.2, -0.15) is 0 Å². The second kappa shape index (κ2) is 8.10. The highest BCUT2D eigenvalue weighted by Gasteiger charge is 2.35. The van der Waals surface area contributed by atoms with Crippen molar-refractivity contribution >= 4 is 63.1 Å². The second-order valence-corrected chi connectivity index (χ2v) is 9.94. The molecule has 1 atom stereocenters. The molecule has 0 saturated carbocycles. The van der Waals surface area contributed by atoms with E-state index in [0.29, 0.717) is 27.3 Å². The lowest BCUT2D eigenvalue weighted by Crippen LogP contribution is -2.31. The molecule has 31 heavy (non-hydrogen) atoms. The fourth-order valence-corrected chi connectivity index (χ4v) is 5.43. The SMILES string of the molecule is Cc1nc(C(=O)N2CCCC2c2nc3cc(Cl)c(Cl)cc3[nH]2)c(-c2cccc(Cl)c2)s1. The number of nitrogens with one attached hydrogen (secondary N) is 1. The van der Waals surface area contributed by atoms with Gasteiger partial charge >= 0.3 is 0 Å². The standard InChI is InChI=1S/C22H17Cl3N4OS/c1-11-26-19(20(31-11)12-4-2-5-13(23)8-12)22(30)29-7-3-6-18(29)21-27-16-9-14(24)15(25)10-17(16)28-21/h2,4-5,8-10,18H,3,6-7H2,1H3,(H,27,28). The number of amides is 1. The van der Waals surface area contributed by atoms with Crippen LogP contribution in [0.4, 0.5) is 0 Å². The number of hydrogen-bond donors (Lipinski definition) is 1. The van der Waals surface area contributed by atoms with Gasteiger partial charge in [0.05, 0.1) is 37.0 Å². The molecular formula is C22H17Cl3N4OS. The number of benzene rings is 2. The number of aromatic nitrogens is 3. The summed E-state index contributed by atoms with van der Waals surface area (Å²) in [6, 6.07) is 10.8. The van der Waals surface area contributed by atoms with Gasteiger partial charge in [-0.1, -0.05) is 46.9 Å². The number of rotatable bonds is 3. The van der Waals surface area contributed by atoms with Crippen LogP contribution in [0.1, 0.15) is 40.2 Å². The number of imidazole rings is 1. The van der Waals surface area contributed by atoms with E-state index in [0.717, 1.165) is 45.1 Å². The fraction of sp³-hybridized carbons (Fsp3) is 0.227. The minimum absolute atomic E-state index is 0.0988. The summed E-state index contributed by atoms with van der Waals surface area (Å²) in [5.74, 6) is 0.633. The Morgan fingerprint density at radius 2 is 1.97 bits per heavy atom. The van der Waals surface area contributed by atoms with Crippen LogP contribution in [0.3, 0.4) is 0 Å². The maximum atomic E-state index is 13.6. The maximum Gasteiger partial charge on any atom is 0.274 e. The van der Waals surface area contributed by atoms with Crippen LogP contribution in [0.5, 0.6) is 0 Å². The predicted molar refractivity (Wildman–Crippen MR) is 126 cm³/mol. The van der Waals surface area contributed by atoms with E-state index in [9.17, 15) is 4.79 Å². The van der Waals surface area contributed by atoms with Gasteiger partial charge in [0.1, 0.15) is 11.5 Å². The molecule has 1 saturated heterocycles. The topological polar surface area (TPSA) is 61.9 Å². The highest BCUT2D eigenvalue weighted by Crippen LogP contribution is 2.37. The summed E-state index contributed by atoms with van der Waals surface area (Å²) >= 11 is 20.0. The molecule has 1 fully saturated rings. The third-order valence-electron chi connectivity index (χ3n) is 5.40. The number of nitrogens with zero attached hydrogens (tertiary/aromatic N) is 3. The number of aryl methyl sites for hydroxylation is 1. The molecule has 1 unspecified atom stereocenters. The van der Waals surface area contributed by atoms with E-state index in [1.54, 1.807) is 12.1 Å². The molecule has 1 aliphatic heterocycles. The van der Waals surface area contributed by atoms with Crippen LogP contribution in [0.2, 0.25) is 15.1 Å². The van der Waals surface area contributed by atoms with Crippen molar-refractivity contribution in [2.75, 3.05) is 6.54 Å². The third-order valence-corrected chi connectivity index (χ3v) is 7.37. The summed E-state index contributed by atoms with van der Waals surface area (Å²) in [6.45, 7) is 2.55. The van der Waals surface area contributed by atoms with Crippen molar-refractivity contribution in [3.63, 3.8) is 0 Å². The number of likely N-dealkylation sites (tertiary alicyclic amines) is 1. The van der Waals surface area contributed by atoms with Gasteiger partial charge in [-0.15, -0.1) is 11.3 Å². The first kappa shape index (κ1) is 20.8. The van der Waals surface area contributed by atoms with Crippen molar-refractivity contribution in [2.45, 2.75) is 25.8 Å². The number of H-pyrrole nitrogens is 1. The Kier molecular flexibility index (Phi) is 5.42. The smallest absolute Gasteiger partial charge is 0.274 e. The molecule has 2 aromatic carbocycles. The zero-order valence-electron chi connectivity index (χ0n) is 16.5. The van der Waals surface area contributed by atoms with Crippen LogP contribution in [-0.4, -0.2) is 32.3 Å². The molecule has 0 radical (unpaired) electrons. The van der Waals surface area contributed by atoms with Gasteiger partial charge in [-0.3, -0.25) is 4.79 Å². The lowest BCUT2D eigenvalue weighted by molar-refractivity contribution is 0.0726. The number of hydrogen-bond acceptors (Lipinski definition) is 4. The van der Waals surface area contributed by atoms with Crippen LogP contribution in [0.15, 0.2) is 36.4 Å². The fourth-order valence-electron chi connectivity index (χ4n) is 4.01. The summed E-state index contributed by atoms with van der Waals surface area (Å²) in [5.41, 5.74) is 2.88. The van der Waals surface area contributed by atoms with Crippen molar-refractivity contribution in [1.82, 2.24) is 19.9 Å². The van der Waals surface area contributed by atoms with Crippen molar-refractivity contribution in [3.8, 4) is 10.4 Å². The molecule has 1 amide bonds. The van der Waals surface area contributed by atoms with Crippen LogP contribution in [-0.2, 0) is 0 Å². The van der Waals surface area contributed by atoms with E-state index in [1.807, 2.05) is 36.1 Å². The highest BCUT2D eigenvalue weighted by atomic mass is 35.5. The second-order valence-electron chi connectivity index (χ2n) is 7.48. The van der Waals surface area contributed by atoms with Crippen LogP contribution in [0, 0.1) is 6.92 Å². The molecule has 5 nitrogen and oxygen atoms in total. The average Bonchev–Trinajstić information content (AvgIpc) is 3.45. The minimum atomic E-state index is -0.160. The zero-order valence-corrected chi connectivity index (χ0v) is 19.5. The largest absolute Gasteiger partial charge is 0.340 e. The van der Waals surface area contributed by atoms with Gasteiger partial charge in [0, 0.05) is 11.6 Å². The number of carbonyl (C=O) groups is 1. The first-order chi connectivity index (χ1) is 14.9. The van der Waals surface area contributed by atoms with Crippen molar-refractivity contribution in [1.29, 1.82) is 0 Å². The Bertz CT molecular complexity index is 1280. The monoisotopic (exact) mass is 490 g/mol. The molecule has 0 spiro atoms. The van der Waals surface area contributed by atoms with E-state index < -0.39 is 0 Å². The van der Waals surface area contributed by atoms with Gasteiger partial charge < -0.3 is 9.88 Å². The van der Waals surface area contributed by atoms with E-state index in [2.05, 4.69) is 9.97 Å². The Labute approximate surface area is 198 Å². The molecule has 158 valence electrons. The number of carbonyl (C=O) groups excluding carboxylic acids is 1. The normalized spacial score (nSPS) is 16.4. The van der Waals surface area contributed by atoms with E-state index in [1.165, 1.54) is 11.3 Å². The molecule has 0 bridgehead atoms. The lowest BCUT2D eigenvalue weighted by Gasteiger charge is -2.22. The molecule has 5 rings (SSSR count). The first-order valence-corrected chi connectivity index (χ1v) is 11.7. The van der Waals surface area contributed by atoms with Gasteiger partial charge in [-0.25, -0.2) is 9.97 Å². The molecule has 1 aliphatic rings. The van der Waals surface area contributed by atoms with E-state index in [-0.39, 0.29) is 11.9 Å². The first-order valence-electron chi connectivity index (χ1n) is 9.79. The summed E-state index contributed by atoms with van der Waals surface area (Å²) < 4.78 is 0. The average molecular weight is 492 g/mol. The van der Waals surface area contributed by atoms with Crippen LogP contribution < -0.4 is 0 Å². The Morgan fingerprint density at radius 3 is 2.77 bits per heavy atom. The van der Waals surface area contributed by atoms with Gasteiger partial charge in [0.15, 0.2) is 0 Å². The molecular weight excluding hydrogens is 475 g/mol. The summed E-state index contributed by atoms with van der Waals surface area (Å²) in [4.78, 5) is 28.9. The quantitative estimate of drug-likeness (QED) is 0.338. The van der Waals surface area contributed by atoms with E-state index >= 15 is 0 Å². The number of fused-ring (bicyclic) bond motifs is 1. The Morgan fingerprint density at radius 1 is 1.16 bits per heavy atom. The van der Waals surface area contributed by atoms with E-state index in [4.69, 9.17) is 39.8 Å². The lowest BCUT2D eigenvalue weighted by atomic mass is 10.1. The van der Waals surface area contributed by atoms with Crippen LogP contribution >= 0.6 is 46.1 Å². The van der Waals surface area contributed by atoms with Crippen molar-refractivity contribution < 1.29 is 4.79 Å². The number of halogens is 3.